The summed E-state index contributed by atoms with van der Waals surface area (Å²) in [6.45, 7) is 0.00546. The van der Waals surface area contributed by atoms with Crippen molar-refractivity contribution in [1.29, 1.82) is 0 Å². The minimum absolute atomic E-state index is 0.00546. The maximum absolute atomic E-state index is 16.0. The molecule has 2 aromatic heterocycles. The highest BCUT2D eigenvalue weighted by atomic mass is 35.5. The molecule has 0 saturated carbocycles. The van der Waals surface area contributed by atoms with E-state index in [1.54, 1.807) is 41.9 Å². The number of thiophene rings is 1. The van der Waals surface area contributed by atoms with Gasteiger partial charge >= 0.3 is 0 Å². The SMILES string of the molecule is COc1ccsc1C(F)(Cn1ccnn1)c1ccc(Cl)cc1. The Morgan fingerprint density at radius 1 is 1.32 bits per heavy atom. The van der Waals surface area contributed by atoms with E-state index in [2.05, 4.69) is 10.3 Å². The van der Waals surface area contributed by atoms with Crippen LogP contribution in [0.4, 0.5) is 4.39 Å². The number of benzene rings is 1. The standard InChI is InChI=1S/C15H13ClFN3OS/c1-21-13-6-9-22-14(13)15(17,10-20-8-7-18-19-20)11-2-4-12(16)5-3-11/h2-9H,10H2,1H3. The zero-order chi connectivity index (χ0) is 15.6. The second kappa shape index (κ2) is 6.06. The van der Waals surface area contributed by atoms with Crippen LogP contribution in [0.5, 0.6) is 5.75 Å². The fourth-order valence-electron chi connectivity index (χ4n) is 2.30. The second-order valence-electron chi connectivity index (χ2n) is 4.73. The fraction of sp³-hybridized carbons (Fsp3) is 0.200. The van der Waals surface area contributed by atoms with Crippen molar-refractivity contribution in [2.45, 2.75) is 12.2 Å². The Bertz CT molecular complexity index is 745. The molecule has 1 atom stereocenters. The Morgan fingerprint density at radius 2 is 2.09 bits per heavy atom. The van der Waals surface area contributed by atoms with Gasteiger partial charge in [-0.2, -0.15) is 0 Å². The largest absolute Gasteiger partial charge is 0.495 e. The van der Waals surface area contributed by atoms with E-state index in [9.17, 15) is 0 Å². The molecule has 0 N–H and O–H groups in total. The molecule has 0 radical (unpaired) electrons. The molecule has 0 spiro atoms. The highest BCUT2D eigenvalue weighted by molar-refractivity contribution is 7.10. The summed E-state index contributed by atoms with van der Waals surface area (Å²) in [6.07, 6.45) is 3.15. The predicted octanol–water partition coefficient (Wildman–Crippen LogP) is 3.91. The van der Waals surface area contributed by atoms with Crippen molar-refractivity contribution in [2.24, 2.45) is 0 Å². The number of hydrogen-bond acceptors (Lipinski definition) is 4. The van der Waals surface area contributed by atoms with Crippen LogP contribution in [-0.2, 0) is 12.2 Å². The maximum atomic E-state index is 16.0. The summed E-state index contributed by atoms with van der Waals surface area (Å²) in [5.74, 6) is 0.516. The number of hydrogen-bond donors (Lipinski definition) is 0. The van der Waals surface area contributed by atoms with E-state index in [0.717, 1.165) is 0 Å². The van der Waals surface area contributed by atoms with Crippen molar-refractivity contribution in [3.05, 3.63) is 63.6 Å². The Labute approximate surface area is 136 Å². The first-order valence-electron chi connectivity index (χ1n) is 6.54. The molecule has 1 unspecified atom stereocenters. The Kier molecular flexibility index (Phi) is 4.13. The van der Waals surface area contributed by atoms with Crippen LogP contribution >= 0.6 is 22.9 Å². The van der Waals surface area contributed by atoms with Crippen molar-refractivity contribution in [1.82, 2.24) is 15.0 Å². The van der Waals surface area contributed by atoms with Gasteiger partial charge < -0.3 is 4.74 Å². The third kappa shape index (κ3) is 2.71. The molecular weight excluding hydrogens is 325 g/mol. The first-order valence-corrected chi connectivity index (χ1v) is 7.80. The van der Waals surface area contributed by atoms with E-state index in [1.165, 1.54) is 29.3 Å². The van der Waals surface area contributed by atoms with E-state index < -0.39 is 5.67 Å². The summed E-state index contributed by atoms with van der Waals surface area (Å²) in [6, 6.07) is 8.46. The Hall–Kier alpha value is -1.92. The van der Waals surface area contributed by atoms with Gasteiger partial charge in [-0.25, -0.2) is 9.07 Å². The number of ether oxygens (including phenoxy) is 1. The number of rotatable bonds is 5. The van der Waals surface area contributed by atoms with Crippen LogP contribution < -0.4 is 4.74 Å². The number of methoxy groups -OCH3 is 1. The minimum Gasteiger partial charge on any atom is -0.495 e. The van der Waals surface area contributed by atoms with E-state index in [1.807, 2.05) is 0 Å². The van der Waals surface area contributed by atoms with Gasteiger partial charge in [0.1, 0.15) is 5.75 Å². The van der Waals surface area contributed by atoms with Crippen LogP contribution in [0, 0.1) is 0 Å². The highest BCUT2D eigenvalue weighted by Crippen LogP contribution is 2.44. The predicted molar refractivity (Wildman–Crippen MR) is 84.2 cm³/mol. The van der Waals surface area contributed by atoms with E-state index in [0.29, 0.717) is 21.2 Å². The summed E-state index contributed by atoms with van der Waals surface area (Å²) in [4.78, 5) is 0.493. The molecule has 4 nitrogen and oxygen atoms in total. The zero-order valence-electron chi connectivity index (χ0n) is 11.7. The lowest BCUT2D eigenvalue weighted by Crippen LogP contribution is -2.28. The first kappa shape index (κ1) is 15.0. The molecule has 114 valence electrons. The summed E-state index contributed by atoms with van der Waals surface area (Å²) >= 11 is 7.22. The molecule has 0 aliphatic carbocycles. The van der Waals surface area contributed by atoms with Crippen molar-refractivity contribution in [3.63, 3.8) is 0 Å². The highest BCUT2D eigenvalue weighted by Gasteiger charge is 2.39. The summed E-state index contributed by atoms with van der Waals surface area (Å²) in [5.41, 5.74) is -1.29. The van der Waals surface area contributed by atoms with Gasteiger partial charge in [-0.05, 0) is 29.1 Å². The van der Waals surface area contributed by atoms with E-state index >= 15 is 4.39 Å². The van der Waals surface area contributed by atoms with Gasteiger partial charge in [0.2, 0.25) is 0 Å². The molecule has 0 aliphatic rings. The molecule has 0 saturated heterocycles. The minimum atomic E-state index is -1.78. The van der Waals surface area contributed by atoms with Gasteiger partial charge in [0.05, 0.1) is 24.7 Å². The van der Waals surface area contributed by atoms with Crippen molar-refractivity contribution in [2.75, 3.05) is 7.11 Å². The zero-order valence-corrected chi connectivity index (χ0v) is 13.3. The fourth-order valence-corrected chi connectivity index (χ4v) is 3.39. The number of nitrogens with zero attached hydrogens (tertiary/aromatic N) is 3. The average Bonchev–Trinajstić information content (AvgIpc) is 3.18. The molecule has 0 fully saturated rings. The lowest BCUT2D eigenvalue weighted by atomic mass is 9.93. The summed E-state index contributed by atoms with van der Waals surface area (Å²) < 4.78 is 22.8. The second-order valence-corrected chi connectivity index (χ2v) is 6.08. The number of aromatic nitrogens is 3. The molecule has 1 aromatic carbocycles. The monoisotopic (exact) mass is 337 g/mol. The van der Waals surface area contributed by atoms with Gasteiger partial charge in [0, 0.05) is 11.2 Å². The van der Waals surface area contributed by atoms with Gasteiger partial charge in [-0.15, -0.1) is 16.4 Å². The van der Waals surface area contributed by atoms with Crippen LogP contribution in [0.1, 0.15) is 10.4 Å². The Balaban J connectivity index is 2.10. The molecule has 0 aliphatic heterocycles. The maximum Gasteiger partial charge on any atom is 0.193 e. The molecule has 3 aromatic rings. The van der Waals surface area contributed by atoms with Crippen LogP contribution in [0.25, 0.3) is 0 Å². The molecular formula is C15H13ClFN3OS. The number of alkyl halides is 1. The summed E-state index contributed by atoms with van der Waals surface area (Å²) in [5, 5.41) is 9.97. The molecule has 3 rings (SSSR count). The Morgan fingerprint density at radius 3 is 2.73 bits per heavy atom. The van der Waals surface area contributed by atoms with Gasteiger partial charge in [0.15, 0.2) is 5.67 Å². The average molecular weight is 338 g/mol. The van der Waals surface area contributed by atoms with Gasteiger partial charge in [0.25, 0.3) is 0 Å². The molecule has 0 bridgehead atoms. The topological polar surface area (TPSA) is 39.9 Å². The van der Waals surface area contributed by atoms with E-state index in [4.69, 9.17) is 16.3 Å². The first-order chi connectivity index (χ1) is 10.6. The molecule has 7 heteroatoms. The lowest BCUT2D eigenvalue weighted by Gasteiger charge is -2.25. The van der Waals surface area contributed by atoms with Crippen LogP contribution in [0.15, 0.2) is 48.1 Å². The molecule has 22 heavy (non-hydrogen) atoms. The van der Waals surface area contributed by atoms with Crippen LogP contribution in [0.3, 0.4) is 0 Å². The lowest BCUT2D eigenvalue weighted by molar-refractivity contribution is 0.180. The quantitative estimate of drug-likeness (QED) is 0.708. The smallest absolute Gasteiger partial charge is 0.193 e. The number of halogens is 2. The van der Waals surface area contributed by atoms with Crippen molar-refractivity contribution >= 4 is 22.9 Å². The van der Waals surface area contributed by atoms with Crippen LogP contribution in [0.2, 0.25) is 5.02 Å². The summed E-state index contributed by atoms with van der Waals surface area (Å²) in [7, 11) is 1.53. The van der Waals surface area contributed by atoms with Crippen molar-refractivity contribution < 1.29 is 9.13 Å². The van der Waals surface area contributed by atoms with Gasteiger partial charge in [-0.1, -0.05) is 28.9 Å². The molecule has 0 amide bonds. The molecule has 2 heterocycles. The van der Waals surface area contributed by atoms with Gasteiger partial charge in [-0.3, -0.25) is 0 Å². The van der Waals surface area contributed by atoms with E-state index in [-0.39, 0.29) is 6.54 Å². The third-order valence-corrected chi connectivity index (χ3v) is 4.65. The normalized spacial score (nSPS) is 13.8. The third-order valence-electron chi connectivity index (χ3n) is 3.36. The van der Waals surface area contributed by atoms with Crippen molar-refractivity contribution in [3.8, 4) is 5.75 Å². The van der Waals surface area contributed by atoms with Crippen LogP contribution in [-0.4, -0.2) is 22.1 Å².